The van der Waals surface area contributed by atoms with Crippen molar-refractivity contribution in [1.29, 1.82) is 0 Å². The zero-order valence-corrected chi connectivity index (χ0v) is 31.0. The van der Waals surface area contributed by atoms with E-state index >= 15 is 0 Å². The van der Waals surface area contributed by atoms with Gasteiger partial charge in [0.1, 0.15) is 0 Å². The summed E-state index contributed by atoms with van der Waals surface area (Å²) in [6.45, 7) is 0. The Labute approximate surface area is 343 Å². The van der Waals surface area contributed by atoms with Gasteiger partial charge in [-0.2, -0.15) is 0 Å². The van der Waals surface area contributed by atoms with Crippen molar-refractivity contribution in [3.8, 4) is 0 Å². The molecule has 0 rings (SSSR count). The summed E-state index contributed by atoms with van der Waals surface area (Å²) >= 11 is -9.12. The molecule has 0 saturated carbocycles. The van der Waals surface area contributed by atoms with Crippen molar-refractivity contribution in [2.24, 2.45) is 0 Å². The molecule has 0 unspecified atom stereocenters. The van der Waals surface area contributed by atoms with Crippen LogP contribution in [0, 0.1) is 263 Å². The van der Waals surface area contributed by atoms with Gasteiger partial charge in [0.05, 0.1) is 45.8 Å². The van der Waals surface area contributed by atoms with Gasteiger partial charge in [-0.25, -0.2) is 0 Å². The van der Waals surface area contributed by atoms with Gasteiger partial charge in [-0.3, -0.25) is 0 Å². The molecule has 0 saturated heterocycles. The summed E-state index contributed by atoms with van der Waals surface area (Å²) in [7, 11) is 0. The van der Waals surface area contributed by atoms with Crippen LogP contribution in [0.4, 0.5) is 0 Å². The van der Waals surface area contributed by atoms with Gasteiger partial charge in [-0.15, -0.1) is 0 Å². The van der Waals surface area contributed by atoms with Crippen LogP contribution >= 0.6 is 0 Å². The van der Waals surface area contributed by atoms with Crippen molar-refractivity contribution in [3.63, 3.8) is 0 Å². The van der Waals surface area contributed by atoms with E-state index in [-0.39, 0.29) is 125 Å². The molecule has 0 aliphatic heterocycles. The molecule has 0 radical (unpaired) electrons. The third-order valence-electron chi connectivity index (χ3n) is 0. The summed E-state index contributed by atoms with van der Waals surface area (Å²) in [5.74, 6) is 0. The fourth-order valence-corrected chi connectivity index (χ4v) is 0. The first-order valence-corrected chi connectivity index (χ1v) is 11.3. The van der Waals surface area contributed by atoms with Crippen LogP contribution in [0.1, 0.15) is 0 Å². The van der Waals surface area contributed by atoms with Crippen molar-refractivity contribution < 1.29 is 210 Å². The zero-order valence-electron chi connectivity index (χ0n) is 19.5. The van der Waals surface area contributed by atoms with Crippen molar-refractivity contribution in [3.05, 3.63) is 138 Å². The van der Waals surface area contributed by atoms with Gasteiger partial charge in [0.15, 0.2) is 0 Å². The molecule has 0 heterocycles. The minimum atomic E-state index is -9.12. The van der Waals surface area contributed by atoms with Crippen LogP contribution < -0.4 is 31.9 Å². The summed E-state index contributed by atoms with van der Waals surface area (Å²) < 4.78 is 49.5. The average molecular weight is 1200 g/mol. The number of halogens is 1. The third-order valence-corrected chi connectivity index (χ3v) is 0. The molecule has 46 heteroatoms. The van der Waals surface area contributed by atoms with Gasteiger partial charge >= 0.3 is 80.5 Å². The fraction of sp³-hybridized carbons (Fsp3) is 0. The molecule has 0 fully saturated rings. The Morgan fingerprint density at radius 2 is 0.283 bits per heavy atom. The van der Waals surface area contributed by atoms with E-state index in [1.807, 2.05) is 0 Å². The van der Waals surface area contributed by atoms with E-state index in [1.165, 1.54) is 0 Å². The normalized spacial score (nSPS) is 8.22. The molecule has 0 spiro atoms. The fourth-order valence-electron chi connectivity index (χ4n) is 0. The van der Waals surface area contributed by atoms with Gasteiger partial charge in [-0.1, -0.05) is 0 Å². The number of rotatable bonds is 0. The van der Waals surface area contributed by atoms with E-state index in [0.29, 0.717) is 0 Å². The Hall–Kier alpha value is -2.58. The summed E-state index contributed by atoms with van der Waals surface area (Å²) in [5.41, 5.74) is 0. The van der Waals surface area contributed by atoms with Crippen molar-refractivity contribution in [1.82, 2.24) is 0 Å². The van der Waals surface area contributed by atoms with E-state index in [1.54, 1.807) is 0 Å². The zero-order chi connectivity index (χ0) is 38.6. The molecular formula is H2Ce3IN9O33-8. The average Bonchev–Trinajstić information content (AvgIpc) is 2.45. The summed E-state index contributed by atoms with van der Waals surface area (Å²) in [5, 5.41) is 133. The molecule has 2 N–H and O–H groups in total. The summed E-state index contributed by atoms with van der Waals surface area (Å²) in [6.07, 6.45) is 0. The molecule has 0 bridgehead atoms. The van der Waals surface area contributed by atoms with Gasteiger partial charge in [0.25, 0.3) is 0 Å². The first kappa shape index (κ1) is 84.4. The third kappa shape index (κ3) is 10200. The number of hydrogen-bond donors (Lipinski definition) is 2. The van der Waals surface area contributed by atoms with Gasteiger partial charge in [-0.05, 0) is 0 Å². The topological polar surface area (TPSA) is 728 Å². The first-order chi connectivity index (χ1) is 18.0. The van der Waals surface area contributed by atoms with Crippen LogP contribution in [0.2, 0.25) is 0 Å². The van der Waals surface area contributed by atoms with Crippen molar-refractivity contribution in [2.45, 2.75) is 0 Å². The Morgan fingerprint density at radius 3 is 0.283 bits per heavy atom. The molecule has 46 heavy (non-hydrogen) atoms. The second-order valence-electron chi connectivity index (χ2n) is 3.02. The number of hydrogen-bond acceptors (Lipinski definition) is 33. The molecular weight excluding hydrogens is 1200 g/mol. The van der Waals surface area contributed by atoms with E-state index in [9.17, 15) is 0 Å². The molecule has 0 aliphatic rings. The Bertz CT molecular complexity index is 596. The predicted molar refractivity (Wildman–Crippen MR) is 97.7 cm³/mol. The quantitative estimate of drug-likeness (QED) is 0.129. The van der Waals surface area contributed by atoms with Crippen LogP contribution in [0.15, 0.2) is 0 Å². The molecule has 0 atom stereocenters. The second-order valence-corrected chi connectivity index (χ2v) is 8.76. The number of nitrogens with zero attached hydrogens (tertiary/aromatic N) is 9. The predicted octanol–water partition coefficient (Wildman–Crippen LogP) is -11.0. The standard InChI is InChI=1S/3Ce.H2IO6.9NO3/c;;;2-1(3,4,5,6)7;9*2-1(3)4/h;;;2-3H;;;;;;;;;/q;;+4;-3;9*-1. The van der Waals surface area contributed by atoms with Crippen LogP contribution in [0.3, 0.4) is 0 Å². The van der Waals surface area contributed by atoms with Crippen molar-refractivity contribution >= 4 is 0 Å². The van der Waals surface area contributed by atoms with Crippen LogP contribution in [0.25, 0.3) is 0 Å². The Kier molecular flexibility index (Phi) is 86.0. The SMILES string of the molecule is O=[N+]([O-])[O-].O=[N+]([O-])[O-].O=[N+]([O-])[O-].O=[N+]([O-])[O-].O=[N+]([O-])[O-].O=[N+]([O-])[O-].O=[N+]([O-])[O-].O=[N+]([O-])[O-].O=[N+]([O-])[O-].[Ce+4].[Ce].[Ce].[O-][I+]([O-])([O-])([O-])(O)O. The van der Waals surface area contributed by atoms with Crippen LogP contribution in [0.5, 0.6) is 0 Å². The minimum absolute atomic E-state index is 0. The van der Waals surface area contributed by atoms with Crippen LogP contribution in [-0.4, -0.2) is 52.7 Å². The molecule has 272 valence electrons. The maximum absolute atomic E-state index is 9.12. The molecule has 0 aromatic carbocycles. The maximum atomic E-state index is 8.88. The molecule has 0 amide bonds. The van der Waals surface area contributed by atoms with E-state index < -0.39 is 63.9 Å². The van der Waals surface area contributed by atoms with Gasteiger partial charge in [0, 0.05) is 83.5 Å². The first-order valence-electron chi connectivity index (χ1n) is 5.88. The van der Waals surface area contributed by atoms with Gasteiger partial charge < -0.3 is 138 Å². The molecule has 42 nitrogen and oxygen atoms in total. The molecule has 0 aromatic heterocycles. The van der Waals surface area contributed by atoms with E-state index in [4.69, 9.17) is 159 Å². The van der Waals surface area contributed by atoms with Crippen molar-refractivity contribution in [2.75, 3.05) is 0 Å². The molecule has 0 aromatic rings. The van der Waals surface area contributed by atoms with Crippen LogP contribution in [-0.2, 0) is 0 Å². The van der Waals surface area contributed by atoms with Gasteiger partial charge in [0.2, 0.25) is 0 Å². The summed E-state index contributed by atoms with van der Waals surface area (Å²) in [4.78, 5) is 74.2. The molecule has 0 aliphatic carbocycles. The second kappa shape index (κ2) is 46.8. The Morgan fingerprint density at radius 1 is 0.283 bits per heavy atom. The summed E-state index contributed by atoms with van der Waals surface area (Å²) in [6, 6.07) is 0. The van der Waals surface area contributed by atoms with E-state index in [2.05, 4.69) is 0 Å². The van der Waals surface area contributed by atoms with E-state index in [0.717, 1.165) is 0 Å². The monoisotopic (exact) mass is 1200 g/mol. The Balaban J connectivity index is -0.0000000239.